The van der Waals surface area contributed by atoms with Crippen LogP contribution in [-0.4, -0.2) is 34.0 Å². The SMILES string of the molecule is C[C@@H](c1nc(-c2cccc(C(F)(F)F)c2)no1)N1CCC(C(N)=O)CC1. The minimum absolute atomic E-state index is 0.116. The highest BCUT2D eigenvalue weighted by atomic mass is 19.4. The number of carbonyl (C=O) groups is 1. The van der Waals surface area contributed by atoms with Crippen LogP contribution >= 0.6 is 0 Å². The second-order valence-electron chi connectivity index (χ2n) is 6.42. The van der Waals surface area contributed by atoms with Gasteiger partial charge in [0, 0.05) is 11.5 Å². The van der Waals surface area contributed by atoms with Crippen LogP contribution in [0, 0.1) is 5.92 Å². The lowest BCUT2D eigenvalue weighted by molar-refractivity contribution is -0.137. The molecular weight excluding hydrogens is 349 g/mol. The van der Waals surface area contributed by atoms with Crippen molar-refractivity contribution in [1.29, 1.82) is 0 Å². The van der Waals surface area contributed by atoms with E-state index >= 15 is 0 Å². The first-order valence-corrected chi connectivity index (χ1v) is 8.30. The molecule has 2 heterocycles. The van der Waals surface area contributed by atoms with Gasteiger partial charge in [0.15, 0.2) is 0 Å². The molecule has 0 spiro atoms. The lowest BCUT2D eigenvalue weighted by Gasteiger charge is -2.33. The van der Waals surface area contributed by atoms with Crippen LogP contribution in [0.1, 0.15) is 37.3 Å². The van der Waals surface area contributed by atoms with E-state index in [0.717, 1.165) is 12.1 Å². The number of aromatic nitrogens is 2. The summed E-state index contributed by atoms with van der Waals surface area (Å²) >= 11 is 0. The number of hydrogen-bond acceptors (Lipinski definition) is 5. The predicted molar refractivity (Wildman–Crippen MR) is 86.6 cm³/mol. The van der Waals surface area contributed by atoms with Gasteiger partial charge in [-0.05, 0) is 45.0 Å². The van der Waals surface area contributed by atoms with E-state index in [9.17, 15) is 18.0 Å². The minimum atomic E-state index is -4.43. The summed E-state index contributed by atoms with van der Waals surface area (Å²) in [7, 11) is 0. The monoisotopic (exact) mass is 368 g/mol. The van der Waals surface area contributed by atoms with Crippen LogP contribution in [0.15, 0.2) is 28.8 Å². The average Bonchev–Trinajstić information content (AvgIpc) is 3.10. The van der Waals surface area contributed by atoms with Crippen molar-refractivity contribution in [2.75, 3.05) is 13.1 Å². The molecule has 1 aromatic heterocycles. The van der Waals surface area contributed by atoms with Gasteiger partial charge in [0.1, 0.15) is 0 Å². The Morgan fingerprint density at radius 1 is 1.35 bits per heavy atom. The fourth-order valence-electron chi connectivity index (χ4n) is 3.08. The molecule has 0 bridgehead atoms. The first-order chi connectivity index (χ1) is 12.3. The molecule has 2 N–H and O–H groups in total. The molecule has 1 aromatic carbocycles. The van der Waals surface area contributed by atoms with Gasteiger partial charge in [-0.3, -0.25) is 9.69 Å². The Morgan fingerprint density at radius 2 is 2.04 bits per heavy atom. The molecule has 1 fully saturated rings. The van der Waals surface area contributed by atoms with Crippen molar-refractivity contribution in [1.82, 2.24) is 15.0 Å². The molecule has 9 heteroatoms. The van der Waals surface area contributed by atoms with Crippen LogP contribution in [0.2, 0.25) is 0 Å². The van der Waals surface area contributed by atoms with Crippen LogP contribution in [0.3, 0.4) is 0 Å². The zero-order valence-corrected chi connectivity index (χ0v) is 14.2. The number of nitrogens with zero attached hydrogens (tertiary/aromatic N) is 3. The van der Waals surface area contributed by atoms with Crippen molar-refractivity contribution < 1.29 is 22.5 Å². The van der Waals surface area contributed by atoms with E-state index in [1.807, 2.05) is 6.92 Å². The van der Waals surface area contributed by atoms with Crippen molar-refractivity contribution in [3.63, 3.8) is 0 Å². The van der Waals surface area contributed by atoms with Gasteiger partial charge in [0.05, 0.1) is 11.6 Å². The van der Waals surface area contributed by atoms with E-state index in [4.69, 9.17) is 10.3 Å². The zero-order chi connectivity index (χ0) is 18.9. The van der Waals surface area contributed by atoms with Gasteiger partial charge in [-0.25, -0.2) is 0 Å². The number of rotatable bonds is 4. The van der Waals surface area contributed by atoms with Gasteiger partial charge >= 0.3 is 6.18 Å². The summed E-state index contributed by atoms with van der Waals surface area (Å²) in [4.78, 5) is 17.6. The topological polar surface area (TPSA) is 85.2 Å². The lowest BCUT2D eigenvalue weighted by Crippen LogP contribution is -2.39. The van der Waals surface area contributed by atoms with Gasteiger partial charge < -0.3 is 10.3 Å². The Balaban J connectivity index is 1.73. The van der Waals surface area contributed by atoms with E-state index in [2.05, 4.69) is 15.0 Å². The fraction of sp³-hybridized carbons (Fsp3) is 0.471. The third-order valence-corrected chi connectivity index (χ3v) is 4.73. The largest absolute Gasteiger partial charge is 0.416 e. The Bertz CT molecular complexity index is 782. The highest BCUT2D eigenvalue weighted by Crippen LogP contribution is 2.32. The molecule has 0 aliphatic carbocycles. The molecule has 140 valence electrons. The molecule has 1 aliphatic heterocycles. The van der Waals surface area contributed by atoms with Gasteiger partial charge in [0.25, 0.3) is 0 Å². The average molecular weight is 368 g/mol. The first kappa shape index (κ1) is 18.4. The third-order valence-electron chi connectivity index (χ3n) is 4.73. The summed E-state index contributed by atoms with van der Waals surface area (Å²) in [6.45, 7) is 3.21. The Labute approximate surface area is 148 Å². The standard InChI is InChI=1S/C17H19F3N4O2/c1-10(24-7-5-11(6-8-24)14(21)25)16-22-15(23-26-16)12-3-2-4-13(9-12)17(18,19)20/h2-4,9-11H,5-8H2,1H3,(H2,21,25)/t10-/m0/s1. The lowest BCUT2D eigenvalue weighted by atomic mass is 9.95. The number of halogens is 3. The number of primary amides is 1. The molecule has 0 saturated carbocycles. The van der Waals surface area contributed by atoms with Crippen LogP contribution < -0.4 is 5.73 Å². The number of likely N-dealkylation sites (tertiary alicyclic amines) is 1. The summed E-state index contributed by atoms with van der Waals surface area (Å²) in [6, 6.07) is 4.61. The normalized spacial score (nSPS) is 18.0. The molecule has 6 nitrogen and oxygen atoms in total. The van der Waals surface area contributed by atoms with Gasteiger partial charge in [0.2, 0.25) is 17.6 Å². The Morgan fingerprint density at radius 3 is 2.65 bits per heavy atom. The fourth-order valence-corrected chi connectivity index (χ4v) is 3.08. The highest BCUT2D eigenvalue weighted by Gasteiger charge is 2.31. The number of piperidine rings is 1. The number of benzene rings is 1. The van der Waals surface area contributed by atoms with Crippen LogP contribution in [0.5, 0.6) is 0 Å². The molecule has 0 unspecified atom stereocenters. The Hall–Kier alpha value is -2.42. The van der Waals surface area contributed by atoms with E-state index in [0.29, 0.717) is 31.8 Å². The molecule has 0 radical (unpaired) electrons. The molecule has 1 amide bonds. The van der Waals surface area contributed by atoms with Crippen molar-refractivity contribution >= 4 is 5.91 Å². The molecule has 3 rings (SSSR count). The van der Waals surface area contributed by atoms with E-state index in [1.54, 1.807) is 0 Å². The maximum absolute atomic E-state index is 12.8. The highest BCUT2D eigenvalue weighted by molar-refractivity contribution is 5.76. The second kappa shape index (κ2) is 7.06. The van der Waals surface area contributed by atoms with E-state index in [-0.39, 0.29) is 29.3 Å². The molecular formula is C17H19F3N4O2. The summed E-state index contributed by atoms with van der Waals surface area (Å²) < 4.78 is 43.8. The quantitative estimate of drug-likeness (QED) is 0.897. The maximum atomic E-state index is 12.8. The smallest absolute Gasteiger partial charge is 0.369 e. The van der Waals surface area contributed by atoms with Crippen LogP contribution in [0.25, 0.3) is 11.4 Å². The summed E-state index contributed by atoms with van der Waals surface area (Å²) in [5, 5.41) is 3.81. The van der Waals surface area contributed by atoms with Crippen molar-refractivity contribution in [2.24, 2.45) is 11.7 Å². The Kier molecular flexibility index (Phi) is 4.99. The zero-order valence-electron chi connectivity index (χ0n) is 14.2. The molecule has 1 saturated heterocycles. The number of amides is 1. The van der Waals surface area contributed by atoms with E-state index in [1.165, 1.54) is 12.1 Å². The van der Waals surface area contributed by atoms with Crippen molar-refractivity contribution in [3.05, 3.63) is 35.7 Å². The minimum Gasteiger partial charge on any atom is -0.369 e. The van der Waals surface area contributed by atoms with Crippen LogP contribution in [0.4, 0.5) is 13.2 Å². The maximum Gasteiger partial charge on any atom is 0.416 e. The van der Waals surface area contributed by atoms with Gasteiger partial charge in [-0.1, -0.05) is 17.3 Å². The second-order valence-corrected chi connectivity index (χ2v) is 6.42. The summed E-state index contributed by atoms with van der Waals surface area (Å²) in [5.74, 6) is 0.0311. The number of nitrogens with two attached hydrogens (primary N) is 1. The van der Waals surface area contributed by atoms with Gasteiger partial charge in [-0.15, -0.1) is 0 Å². The summed E-state index contributed by atoms with van der Waals surface area (Å²) in [5.41, 5.74) is 4.82. The number of alkyl halides is 3. The summed E-state index contributed by atoms with van der Waals surface area (Å²) in [6.07, 6.45) is -3.11. The molecule has 2 aromatic rings. The number of carbonyl (C=O) groups excluding carboxylic acids is 1. The molecule has 1 aliphatic rings. The predicted octanol–water partition coefficient (Wildman–Crippen LogP) is 3.01. The molecule has 1 atom stereocenters. The molecule has 26 heavy (non-hydrogen) atoms. The number of hydrogen-bond donors (Lipinski definition) is 1. The first-order valence-electron chi connectivity index (χ1n) is 8.30. The van der Waals surface area contributed by atoms with E-state index < -0.39 is 11.7 Å². The van der Waals surface area contributed by atoms with Crippen molar-refractivity contribution in [3.8, 4) is 11.4 Å². The third kappa shape index (κ3) is 3.87. The van der Waals surface area contributed by atoms with Crippen molar-refractivity contribution in [2.45, 2.75) is 32.0 Å². The van der Waals surface area contributed by atoms with Crippen LogP contribution in [-0.2, 0) is 11.0 Å². The van der Waals surface area contributed by atoms with Gasteiger partial charge in [-0.2, -0.15) is 18.2 Å².